The van der Waals surface area contributed by atoms with E-state index in [9.17, 15) is 4.39 Å². The Hall–Kier alpha value is -1.60. The van der Waals surface area contributed by atoms with Gasteiger partial charge in [0.2, 0.25) is 0 Å². The molecule has 20 heavy (non-hydrogen) atoms. The van der Waals surface area contributed by atoms with E-state index in [0.717, 1.165) is 4.47 Å². The molecule has 0 aromatic heterocycles. The molecule has 0 saturated heterocycles. The number of hydrogen-bond acceptors (Lipinski definition) is 3. The van der Waals surface area contributed by atoms with Crippen LogP contribution < -0.4 is 10.5 Å². The van der Waals surface area contributed by atoms with Crippen molar-refractivity contribution in [1.29, 1.82) is 0 Å². The standard InChI is InChI=1S/C13H9Br2FN2O2/c14-7-1-4-12(9(5-7)13(17)18-19)20-8-2-3-10(15)11(16)6-8/h1-6,19H,(H2,17,18). The lowest BCUT2D eigenvalue weighted by Crippen LogP contribution is -2.14. The van der Waals surface area contributed by atoms with Gasteiger partial charge in [-0.15, -0.1) is 0 Å². The molecule has 2 aromatic carbocycles. The molecule has 4 nitrogen and oxygen atoms in total. The van der Waals surface area contributed by atoms with E-state index in [1.54, 1.807) is 24.3 Å². The van der Waals surface area contributed by atoms with E-state index < -0.39 is 5.82 Å². The van der Waals surface area contributed by atoms with Crippen LogP contribution in [-0.4, -0.2) is 11.0 Å². The molecule has 104 valence electrons. The number of rotatable bonds is 3. The van der Waals surface area contributed by atoms with Crippen molar-refractivity contribution in [1.82, 2.24) is 0 Å². The van der Waals surface area contributed by atoms with Gasteiger partial charge in [-0.3, -0.25) is 0 Å². The number of oxime groups is 1. The van der Waals surface area contributed by atoms with Crippen molar-refractivity contribution in [3.8, 4) is 11.5 Å². The van der Waals surface area contributed by atoms with Crippen LogP contribution in [0.3, 0.4) is 0 Å². The van der Waals surface area contributed by atoms with E-state index >= 15 is 0 Å². The zero-order valence-electron chi connectivity index (χ0n) is 9.98. The van der Waals surface area contributed by atoms with Crippen molar-refractivity contribution in [3.63, 3.8) is 0 Å². The Bertz CT molecular complexity index is 677. The third-order valence-electron chi connectivity index (χ3n) is 2.44. The van der Waals surface area contributed by atoms with E-state index in [0.29, 0.717) is 21.5 Å². The van der Waals surface area contributed by atoms with Crippen LogP contribution in [0.5, 0.6) is 11.5 Å². The smallest absolute Gasteiger partial charge is 0.173 e. The maximum atomic E-state index is 13.4. The van der Waals surface area contributed by atoms with Crippen LogP contribution in [0.4, 0.5) is 4.39 Å². The predicted molar refractivity (Wildman–Crippen MR) is 80.8 cm³/mol. The maximum absolute atomic E-state index is 13.4. The molecule has 0 aliphatic carbocycles. The van der Waals surface area contributed by atoms with Gasteiger partial charge in [0.15, 0.2) is 5.84 Å². The molecule has 0 radical (unpaired) electrons. The quantitative estimate of drug-likeness (QED) is 0.348. The molecule has 0 spiro atoms. The minimum absolute atomic E-state index is 0.0983. The molecule has 3 N–H and O–H groups in total. The first kappa shape index (κ1) is 14.8. The lowest BCUT2D eigenvalue weighted by atomic mass is 10.2. The van der Waals surface area contributed by atoms with Crippen molar-refractivity contribution in [3.05, 3.63) is 56.7 Å². The highest BCUT2D eigenvalue weighted by Gasteiger charge is 2.11. The van der Waals surface area contributed by atoms with Crippen LogP contribution >= 0.6 is 31.9 Å². The second-order valence-electron chi connectivity index (χ2n) is 3.80. The van der Waals surface area contributed by atoms with E-state index in [1.165, 1.54) is 12.1 Å². The molecule has 0 heterocycles. The number of ether oxygens (including phenoxy) is 1. The average molecular weight is 404 g/mol. The summed E-state index contributed by atoms with van der Waals surface area (Å²) in [6.45, 7) is 0. The van der Waals surface area contributed by atoms with Crippen LogP contribution in [0.15, 0.2) is 50.5 Å². The van der Waals surface area contributed by atoms with Gasteiger partial charge in [0.05, 0.1) is 10.0 Å². The van der Waals surface area contributed by atoms with Crippen LogP contribution in [0, 0.1) is 5.82 Å². The van der Waals surface area contributed by atoms with E-state index in [-0.39, 0.29) is 5.84 Å². The van der Waals surface area contributed by atoms with Crippen molar-refractivity contribution >= 4 is 37.7 Å². The summed E-state index contributed by atoms with van der Waals surface area (Å²) < 4.78 is 20.1. The van der Waals surface area contributed by atoms with Gasteiger partial charge < -0.3 is 15.7 Å². The van der Waals surface area contributed by atoms with Crippen molar-refractivity contribution in [2.24, 2.45) is 10.9 Å². The van der Waals surface area contributed by atoms with Gasteiger partial charge in [-0.25, -0.2) is 4.39 Å². The first-order chi connectivity index (χ1) is 9.51. The maximum Gasteiger partial charge on any atom is 0.173 e. The second-order valence-corrected chi connectivity index (χ2v) is 5.57. The summed E-state index contributed by atoms with van der Waals surface area (Å²) in [6.07, 6.45) is 0. The lowest BCUT2D eigenvalue weighted by molar-refractivity contribution is 0.318. The number of hydrogen-bond donors (Lipinski definition) is 2. The van der Waals surface area contributed by atoms with Gasteiger partial charge in [0, 0.05) is 10.5 Å². The van der Waals surface area contributed by atoms with Crippen LogP contribution in [0.1, 0.15) is 5.56 Å². The summed E-state index contributed by atoms with van der Waals surface area (Å²) >= 11 is 6.35. The van der Waals surface area contributed by atoms with Gasteiger partial charge in [-0.2, -0.15) is 0 Å². The Morgan fingerprint density at radius 3 is 2.60 bits per heavy atom. The first-order valence-electron chi connectivity index (χ1n) is 5.41. The molecule has 0 saturated carbocycles. The summed E-state index contributed by atoms with van der Waals surface area (Å²) in [7, 11) is 0. The lowest BCUT2D eigenvalue weighted by Gasteiger charge is -2.11. The number of nitrogens with zero attached hydrogens (tertiary/aromatic N) is 1. The normalized spacial score (nSPS) is 11.4. The minimum atomic E-state index is -0.440. The van der Waals surface area contributed by atoms with Crippen molar-refractivity contribution < 1.29 is 14.3 Å². The fourth-order valence-corrected chi connectivity index (χ4v) is 2.12. The Balaban J connectivity index is 2.40. The SMILES string of the molecule is N/C(=N/O)c1cc(Br)ccc1Oc1ccc(Br)c(F)c1. The fourth-order valence-electron chi connectivity index (χ4n) is 1.51. The van der Waals surface area contributed by atoms with Gasteiger partial charge in [0.1, 0.15) is 17.3 Å². The average Bonchev–Trinajstić information content (AvgIpc) is 2.44. The number of nitrogens with two attached hydrogens (primary N) is 1. The predicted octanol–water partition coefficient (Wildman–Crippen LogP) is 4.24. The zero-order valence-corrected chi connectivity index (χ0v) is 13.2. The Kier molecular flexibility index (Phi) is 4.61. The third kappa shape index (κ3) is 3.29. The van der Waals surface area contributed by atoms with Crippen molar-refractivity contribution in [2.45, 2.75) is 0 Å². The molecule has 0 atom stereocenters. The van der Waals surface area contributed by atoms with Gasteiger partial charge in [-0.05, 0) is 46.3 Å². The Labute approximate surface area is 131 Å². The molecule has 0 bridgehead atoms. The summed E-state index contributed by atoms with van der Waals surface area (Å²) in [6, 6.07) is 9.38. The molecule has 2 rings (SSSR count). The monoisotopic (exact) mass is 402 g/mol. The van der Waals surface area contributed by atoms with E-state index in [1.807, 2.05) is 0 Å². The van der Waals surface area contributed by atoms with Crippen molar-refractivity contribution in [2.75, 3.05) is 0 Å². The van der Waals surface area contributed by atoms with Crippen LogP contribution in [0.2, 0.25) is 0 Å². The topological polar surface area (TPSA) is 67.8 Å². The molecule has 0 amide bonds. The highest BCUT2D eigenvalue weighted by molar-refractivity contribution is 9.10. The van der Waals surface area contributed by atoms with Gasteiger partial charge in [0.25, 0.3) is 0 Å². The molecule has 0 fully saturated rings. The van der Waals surface area contributed by atoms with Crippen LogP contribution in [0.25, 0.3) is 0 Å². The molecule has 0 aliphatic rings. The van der Waals surface area contributed by atoms with Gasteiger partial charge in [-0.1, -0.05) is 21.1 Å². The Morgan fingerprint density at radius 2 is 1.95 bits per heavy atom. The molecule has 0 aliphatic heterocycles. The molecular formula is C13H9Br2FN2O2. The van der Waals surface area contributed by atoms with E-state index in [4.69, 9.17) is 15.7 Å². The number of amidine groups is 1. The molecule has 7 heteroatoms. The Morgan fingerprint density at radius 1 is 1.20 bits per heavy atom. The summed E-state index contributed by atoms with van der Waals surface area (Å²) in [5, 5.41) is 11.7. The number of halogens is 3. The van der Waals surface area contributed by atoms with Gasteiger partial charge >= 0.3 is 0 Å². The summed E-state index contributed by atoms with van der Waals surface area (Å²) in [4.78, 5) is 0. The van der Waals surface area contributed by atoms with Crippen LogP contribution in [-0.2, 0) is 0 Å². The molecule has 0 unspecified atom stereocenters. The summed E-state index contributed by atoms with van der Waals surface area (Å²) in [5.74, 6) is 0.120. The minimum Gasteiger partial charge on any atom is -0.456 e. The zero-order chi connectivity index (χ0) is 14.7. The molecular weight excluding hydrogens is 395 g/mol. The summed E-state index contributed by atoms with van der Waals surface area (Å²) in [5.41, 5.74) is 5.98. The highest BCUT2D eigenvalue weighted by atomic mass is 79.9. The third-order valence-corrected chi connectivity index (χ3v) is 3.58. The second kappa shape index (κ2) is 6.23. The fraction of sp³-hybridized carbons (Fsp3) is 0. The largest absolute Gasteiger partial charge is 0.456 e. The highest BCUT2D eigenvalue weighted by Crippen LogP contribution is 2.29. The molecule has 2 aromatic rings. The first-order valence-corrected chi connectivity index (χ1v) is 7.00. The number of benzene rings is 2. The van der Waals surface area contributed by atoms with E-state index in [2.05, 4.69) is 37.0 Å².